The summed E-state index contributed by atoms with van der Waals surface area (Å²) >= 11 is 2.31. The molecule has 0 aromatic rings. The summed E-state index contributed by atoms with van der Waals surface area (Å²) < 4.78 is 6.71. The van der Waals surface area contributed by atoms with Gasteiger partial charge in [-0.3, -0.25) is 4.79 Å². The fraction of sp³-hybridized carbons (Fsp3) is 0.727. The lowest BCUT2D eigenvalue weighted by molar-refractivity contribution is -0.115. The van der Waals surface area contributed by atoms with E-state index in [4.69, 9.17) is 4.74 Å². The van der Waals surface area contributed by atoms with Crippen molar-refractivity contribution >= 4 is 28.4 Å². The van der Waals surface area contributed by atoms with Crippen LogP contribution in [0.15, 0.2) is 11.3 Å². The second-order valence-electron chi connectivity index (χ2n) is 3.57. The van der Waals surface area contributed by atoms with E-state index in [0.717, 1.165) is 22.2 Å². The minimum absolute atomic E-state index is 0.205. The molecular formula is C11H17IO2. The van der Waals surface area contributed by atoms with Gasteiger partial charge in [0.2, 0.25) is 0 Å². The van der Waals surface area contributed by atoms with Crippen molar-refractivity contribution in [3.8, 4) is 0 Å². The average Bonchev–Trinajstić information content (AvgIpc) is 2.53. The van der Waals surface area contributed by atoms with Crippen LogP contribution in [0.1, 0.15) is 33.6 Å². The van der Waals surface area contributed by atoms with Crippen LogP contribution in [0, 0.1) is 5.92 Å². The predicted octanol–water partition coefficient (Wildman–Crippen LogP) is 3.10. The van der Waals surface area contributed by atoms with Gasteiger partial charge in [0.15, 0.2) is 5.78 Å². The normalized spacial score (nSPS) is 26.6. The molecule has 3 heteroatoms. The zero-order chi connectivity index (χ0) is 10.7. The topological polar surface area (TPSA) is 26.3 Å². The first-order valence-corrected chi connectivity index (χ1v) is 6.67. The van der Waals surface area contributed by atoms with Gasteiger partial charge in [-0.1, -0.05) is 43.4 Å². The largest absolute Gasteiger partial charge is 0.493 e. The van der Waals surface area contributed by atoms with Gasteiger partial charge in [0.05, 0.1) is 0 Å². The Morgan fingerprint density at radius 1 is 1.50 bits per heavy atom. The van der Waals surface area contributed by atoms with Crippen LogP contribution in [0.3, 0.4) is 0 Å². The van der Waals surface area contributed by atoms with Crippen molar-refractivity contribution in [2.24, 2.45) is 5.92 Å². The second-order valence-corrected chi connectivity index (χ2v) is 4.45. The van der Waals surface area contributed by atoms with Gasteiger partial charge in [0.25, 0.3) is 0 Å². The zero-order valence-electron chi connectivity index (χ0n) is 8.97. The maximum absolute atomic E-state index is 11.7. The molecule has 0 spiro atoms. The van der Waals surface area contributed by atoms with Crippen LogP contribution < -0.4 is 0 Å². The van der Waals surface area contributed by atoms with E-state index in [1.54, 1.807) is 0 Å². The standard InChI is InChI=1S/C11H17IO2/c1-4-8(13)11-7(3)10(6-12)14-9(11)5-2/h7,10H,4-6H2,1-3H3/t7-,10+/m0/s1. The van der Waals surface area contributed by atoms with Crippen LogP contribution in [0.4, 0.5) is 0 Å². The first kappa shape index (κ1) is 12.0. The summed E-state index contributed by atoms with van der Waals surface area (Å²) in [5, 5.41) is 0. The number of halogens is 1. The Bertz CT molecular complexity index is 258. The van der Waals surface area contributed by atoms with E-state index in [2.05, 4.69) is 29.5 Å². The summed E-state index contributed by atoms with van der Waals surface area (Å²) in [7, 11) is 0. The average molecular weight is 308 g/mol. The molecule has 0 N–H and O–H groups in total. The lowest BCUT2D eigenvalue weighted by atomic mass is 9.93. The lowest BCUT2D eigenvalue weighted by Gasteiger charge is -2.13. The van der Waals surface area contributed by atoms with Gasteiger partial charge in [-0.25, -0.2) is 0 Å². The molecule has 0 amide bonds. The van der Waals surface area contributed by atoms with Crippen molar-refractivity contribution in [1.82, 2.24) is 0 Å². The van der Waals surface area contributed by atoms with E-state index >= 15 is 0 Å². The monoisotopic (exact) mass is 308 g/mol. The number of ketones is 1. The molecule has 0 bridgehead atoms. The molecule has 1 aliphatic heterocycles. The van der Waals surface area contributed by atoms with Crippen molar-refractivity contribution in [1.29, 1.82) is 0 Å². The van der Waals surface area contributed by atoms with E-state index in [9.17, 15) is 4.79 Å². The number of rotatable bonds is 4. The van der Waals surface area contributed by atoms with Gasteiger partial charge in [-0.05, 0) is 0 Å². The second kappa shape index (κ2) is 5.14. The smallest absolute Gasteiger partial charge is 0.162 e. The molecule has 80 valence electrons. The van der Waals surface area contributed by atoms with Crippen LogP contribution in [-0.2, 0) is 9.53 Å². The van der Waals surface area contributed by atoms with E-state index in [0.29, 0.717) is 6.42 Å². The quantitative estimate of drug-likeness (QED) is 0.589. The van der Waals surface area contributed by atoms with Crippen LogP contribution in [0.2, 0.25) is 0 Å². The maximum atomic E-state index is 11.7. The molecule has 0 saturated carbocycles. The third-order valence-electron chi connectivity index (χ3n) is 2.70. The van der Waals surface area contributed by atoms with Crippen LogP contribution >= 0.6 is 22.6 Å². The van der Waals surface area contributed by atoms with Gasteiger partial charge < -0.3 is 4.74 Å². The molecule has 2 atom stereocenters. The Balaban J connectivity index is 2.91. The van der Waals surface area contributed by atoms with Crippen LogP contribution in [0.25, 0.3) is 0 Å². The Morgan fingerprint density at radius 2 is 2.14 bits per heavy atom. The number of Topliss-reactive ketones (excluding diaryl/α,β-unsaturated/α-hetero) is 1. The third kappa shape index (κ3) is 2.12. The molecule has 1 aliphatic rings. The van der Waals surface area contributed by atoms with Gasteiger partial charge in [0.1, 0.15) is 11.9 Å². The fourth-order valence-corrected chi connectivity index (χ4v) is 2.77. The first-order chi connectivity index (χ1) is 6.65. The summed E-state index contributed by atoms with van der Waals surface area (Å²) in [6.45, 7) is 6.04. The molecule has 14 heavy (non-hydrogen) atoms. The molecule has 0 unspecified atom stereocenters. The maximum Gasteiger partial charge on any atom is 0.162 e. The van der Waals surface area contributed by atoms with Crippen molar-refractivity contribution in [2.75, 3.05) is 4.43 Å². The molecule has 0 radical (unpaired) electrons. The minimum Gasteiger partial charge on any atom is -0.493 e. The van der Waals surface area contributed by atoms with Crippen LogP contribution in [-0.4, -0.2) is 16.3 Å². The number of carbonyl (C=O) groups is 1. The van der Waals surface area contributed by atoms with E-state index in [1.165, 1.54) is 0 Å². The number of hydrogen-bond donors (Lipinski definition) is 0. The SMILES string of the molecule is CCC(=O)C1=C(CC)O[C@H](CI)[C@@H]1C. The number of allylic oxidation sites excluding steroid dienone is 1. The minimum atomic E-state index is 0.205. The molecule has 0 saturated heterocycles. The lowest BCUT2D eigenvalue weighted by Crippen LogP contribution is -2.19. The highest BCUT2D eigenvalue weighted by molar-refractivity contribution is 14.1. The van der Waals surface area contributed by atoms with E-state index in [1.807, 2.05) is 13.8 Å². The highest BCUT2D eigenvalue weighted by Crippen LogP contribution is 2.34. The number of hydrogen-bond acceptors (Lipinski definition) is 2. The summed E-state index contributed by atoms with van der Waals surface area (Å²) in [4.78, 5) is 11.7. The first-order valence-electron chi connectivity index (χ1n) is 5.14. The van der Waals surface area contributed by atoms with Gasteiger partial charge >= 0.3 is 0 Å². The molecule has 0 aromatic carbocycles. The number of alkyl halides is 1. The van der Waals surface area contributed by atoms with Crippen molar-refractivity contribution in [3.05, 3.63) is 11.3 Å². The Kier molecular flexibility index (Phi) is 4.41. The Labute approximate surface area is 99.2 Å². The molecule has 1 heterocycles. The molecular weight excluding hydrogens is 291 g/mol. The fourth-order valence-electron chi connectivity index (χ4n) is 1.83. The zero-order valence-corrected chi connectivity index (χ0v) is 11.1. The molecule has 0 aliphatic carbocycles. The summed E-state index contributed by atoms with van der Waals surface area (Å²) in [6.07, 6.45) is 1.62. The highest BCUT2D eigenvalue weighted by atomic mass is 127. The summed E-state index contributed by atoms with van der Waals surface area (Å²) in [5.74, 6) is 1.45. The predicted molar refractivity (Wildman–Crippen MR) is 65.5 cm³/mol. The molecule has 0 aromatic heterocycles. The van der Waals surface area contributed by atoms with Crippen LogP contribution in [0.5, 0.6) is 0 Å². The highest BCUT2D eigenvalue weighted by Gasteiger charge is 2.34. The van der Waals surface area contributed by atoms with Crippen molar-refractivity contribution < 1.29 is 9.53 Å². The number of carbonyl (C=O) groups excluding carboxylic acids is 1. The number of ether oxygens (including phenoxy) is 1. The molecule has 2 nitrogen and oxygen atoms in total. The van der Waals surface area contributed by atoms with Gasteiger partial charge in [-0.15, -0.1) is 0 Å². The van der Waals surface area contributed by atoms with Gasteiger partial charge in [-0.2, -0.15) is 0 Å². The van der Waals surface area contributed by atoms with Crippen molar-refractivity contribution in [3.63, 3.8) is 0 Å². The third-order valence-corrected chi connectivity index (χ3v) is 3.57. The Hall–Kier alpha value is -0.0600. The molecule has 1 rings (SSSR count). The summed E-state index contributed by atoms with van der Waals surface area (Å²) in [6, 6.07) is 0. The molecule has 0 fully saturated rings. The summed E-state index contributed by atoms with van der Waals surface area (Å²) in [5.41, 5.74) is 0.941. The van der Waals surface area contributed by atoms with Crippen molar-refractivity contribution in [2.45, 2.75) is 39.7 Å². The van der Waals surface area contributed by atoms with E-state index in [-0.39, 0.29) is 17.8 Å². The van der Waals surface area contributed by atoms with Gasteiger partial charge in [0, 0.05) is 28.8 Å². The Morgan fingerprint density at radius 3 is 2.57 bits per heavy atom. The van der Waals surface area contributed by atoms with E-state index < -0.39 is 0 Å².